The van der Waals surface area contributed by atoms with Gasteiger partial charge in [-0.25, -0.2) is 8.42 Å². The Labute approximate surface area is 192 Å². The molecule has 5 nitrogen and oxygen atoms in total. The zero-order valence-electron chi connectivity index (χ0n) is 16.1. The number of anilines is 2. The number of amides is 1. The number of benzene rings is 3. The molecule has 1 N–H and O–H groups in total. The zero-order chi connectivity index (χ0) is 23.5. The van der Waals surface area contributed by atoms with Crippen LogP contribution in [0.2, 0.25) is 10.0 Å². The highest BCUT2D eigenvalue weighted by atomic mass is 35.5. The van der Waals surface area contributed by atoms with E-state index in [1.165, 1.54) is 48.5 Å². The summed E-state index contributed by atoms with van der Waals surface area (Å²) in [6.45, 7) is -0.732. The summed E-state index contributed by atoms with van der Waals surface area (Å²) in [6.07, 6.45) is -4.60. The lowest BCUT2D eigenvalue weighted by Crippen LogP contribution is -2.38. The highest BCUT2D eigenvalue weighted by Crippen LogP contribution is 2.32. The Morgan fingerprint density at radius 2 is 1.53 bits per heavy atom. The van der Waals surface area contributed by atoms with E-state index in [-0.39, 0.29) is 26.3 Å². The second-order valence-electron chi connectivity index (χ2n) is 6.58. The monoisotopic (exact) mass is 502 g/mol. The topological polar surface area (TPSA) is 66.5 Å². The Kier molecular flexibility index (Phi) is 7.02. The fourth-order valence-corrected chi connectivity index (χ4v) is 4.76. The van der Waals surface area contributed by atoms with Gasteiger partial charge in [-0.15, -0.1) is 0 Å². The number of rotatable bonds is 6. The normalized spacial score (nSPS) is 11.8. The van der Waals surface area contributed by atoms with Crippen molar-refractivity contribution in [3.8, 4) is 0 Å². The molecule has 0 atom stereocenters. The Morgan fingerprint density at radius 3 is 2.12 bits per heavy atom. The largest absolute Gasteiger partial charge is 0.416 e. The van der Waals surface area contributed by atoms with E-state index in [4.69, 9.17) is 23.2 Å². The third-order valence-corrected chi connectivity index (χ3v) is 6.45. The SMILES string of the molecule is O=C(CN(c1cc(Cl)cc(Cl)c1)S(=O)(=O)c1ccccc1)Nc1cccc(C(F)(F)F)c1. The number of hydrogen-bond acceptors (Lipinski definition) is 3. The molecule has 0 aliphatic heterocycles. The van der Waals surface area contributed by atoms with Crippen molar-refractivity contribution < 1.29 is 26.4 Å². The van der Waals surface area contributed by atoms with Crippen molar-refractivity contribution in [3.63, 3.8) is 0 Å². The maximum absolute atomic E-state index is 13.2. The Hall–Kier alpha value is -2.75. The van der Waals surface area contributed by atoms with E-state index in [0.29, 0.717) is 0 Å². The number of hydrogen-bond donors (Lipinski definition) is 1. The van der Waals surface area contributed by atoms with Crippen molar-refractivity contribution in [2.45, 2.75) is 11.1 Å². The van der Waals surface area contributed by atoms with Crippen LogP contribution >= 0.6 is 23.2 Å². The highest BCUT2D eigenvalue weighted by Gasteiger charge is 2.31. The third kappa shape index (κ3) is 5.73. The molecule has 168 valence electrons. The van der Waals surface area contributed by atoms with Gasteiger partial charge in [0.25, 0.3) is 10.0 Å². The maximum atomic E-state index is 13.2. The molecule has 0 heterocycles. The minimum Gasteiger partial charge on any atom is -0.325 e. The molecule has 0 aliphatic rings. The molecule has 0 radical (unpaired) electrons. The van der Waals surface area contributed by atoms with Crippen molar-refractivity contribution in [1.29, 1.82) is 0 Å². The summed E-state index contributed by atoms with van der Waals surface area (Å²) in [5.41, 5.74) is -1.07. The van der Waals surface area contributed by atoms with Crippen LogP contribution in [0.3, 0.4) is 0 Å². The van der Waals surface area contributed by atoms with Crippen LogP contribution in [-0.2, 0) is 21.0 Å². The number of alkyl halides is 3. The summed E-state index contributed by atoms with van der Waals surface area (Å²) in [6, 6.07) is 15.4. The maximum Gasteiger partial charge on any atom is 0.416 e. The standard InChI is InChI=1S/C21H15Cl2F3N2O3S/c22-15-10-16(23)12-18(11-15)28(32(30,31)19-7-2-1-3-8-19)13-20(29)27-17-6-4-5-14(9-17)21(24,25)26/h1-12H,13H2,(H,27,29). The van der Waals surface area contributed by atoms with Gasteiger partial charge in [-0.1, -0.05) is 47.5 Å². The van der Waals surface area contributed by atoms with Gasteiger partial charge in [0.15, 0.2) is 0 Å². The van der Waals surface area contributed by atoms with Gasteiger partial charge in [0.05, 0.1) is 16.1 Å². The molecule has 0 bridgehead atoms. The molecule has 0 fully saturated rings. The molecule has 0 aromatic heterocycles. The first-order chi connectivity index (χ1) is 15.0. The average molecular weight is 503 g/mol. The second-order valence-corrected chi connectivity index (χ2v) is 9.31. The first-order valence-corrected chi connectivity index (χ1v) is 11.2. The average Bonchev–Trinajstić information content (AvgIpc) is 2.71. The first kappa shape index (κ1) is 23.9. The molecule has 3 rings (SSSR count). The van der Waals surface area contributed by atoms with Crippen molar-refractivity contribution >= 4 is 50.5 Å². The van der Waals surface area contributed by atoms with Crippen LogP contribution in [0.1, 0.15) is 5.56 Å². The second kappa shape index (κ2) is 9.40. The Balaban J connectivity index is 1.95. The van der Waals surface area contributed by atoms with E-state index in [9.17, 15) is 26.4 Å². The van der Waals surface area contributed by atoms with Gasteiger partial charge in [0.1, 0.15) is 6.54 Å². The quantitative estimate of drug-likeness (QED) is 0.459. The smallest absolute Gasteiger partial charge is 0.325 e. The summed E-state index contributed by atoms with van der Waals surface area (Å²) in [7, 11) is -4.23. The van der Waals surface area contributed by atoms with Crippen LogP contribution in [0.15, 0.2) is 77.7 Å². The van der Waals surface area contributed by atoms with E-state index < -0.39 is 34.2 Å². The van der Waals surface area contributed by atoms with Gasteiger partial charge in [0, 0.05) is 15.7 Å². The van der Waals surface area contributed by atoms with Gasteiger partial charge >= 0.3 is 6.18 Å². The molecule has 1 amide bonds. The number of carbonyl (C=O) groups is 1. The fraction of sp³-hybridized carbons (Fsp3) is 0.0952. The van der Waals surface area contributed by atoms with Gasteiger partial charge in [-0.2, -0.15) is 13.2 Å². The van der Waals surface area contributed by atoms with Crippen LogP contribution in [0, 0.1) is 0 Å². The van der Waals surface area contributed by atoms with Crippen LogP contribution in [0.25, 0.3) is 0 Å². The number of sulfonamides is 1. The summed E-state index contributed by atoms with van der Waals surface area (Å²) < 4.78 is 66.1. The minimum absolute atomic E-state index is 0.0190. The molecule has 0 unspecified atom stereocenters. The highest BCUT2D eigenvalue weighted by molar-refractivity contribution is 7.92. The molecule has 0 saturated heterocycles. The van der Waals surface area contributed by atoms with Gasteiger partial charge in [0.2, 0.25) is 5.91 Å². The van der Waals surface area contributed by atoms with E-state index in [1.54, 1.807) is 6.07 Å². The predicted molar refractivity (Wildman–Crippen MR) is 118 cm³/mol. The lowest BCUT2D eigenvalue weighted by atomic mass is 10.2. The van der Waals surface area contributed by atoms with Crippen molar-refractivity contribution in [3.05, 3.63) is 88.4 Å². The summed E-state index contributed by atoms with van der Waals surface area (Å²) in [5.74, 6) is -0.861. The number of nitrogens with one attached hydrogen (secondary N) is 1. The number of nitrogens with zero attached hydrogens (tertiary/aromatic N) is 1. The number of carbonyl (C=O) groups excluding carboxylic acids is 1. The molecular weight excluding hydrogens is 488 g/mol. The molecule has 3 aromatic rings. The summed E-state index contributed by atoms with van der Waals surface area (Å²) in [4.78, 5) is 12.5. The van der Waals surface area contributed by atoms with Crippen LogP contribution in [0.5, 0.6) is 0 Å². The number of halogens is 5. The van der Waals surface area contributed by atoms with Crippen LogP contribution in [-0.4, -0.2) is 20.9 Å². The molecule has 3 aromatic carbocycles. The van der Waals surface area contributed by atoms with E-state index in [2.05, 4.69) is 5.32 Å². The third-order valence-electron chi connectivity index (χ3n) is 4.23. The molecule has 0 spiro atoms. The van der Waals surface area contributed by atoms with E-state index in [1.807, 2.05) is 0 Å². The van der Waals surface area contributed by atoms with Gasteiger partial charge in [-0.05, 0) is 48.5 Å². The molecular formula is C21H15Cl2F3N2O3S. The molecule has 0 aliphatic carbocycles. The summed E-state index contributed by atoms with van der Waals surface area (Å²) >= 11 is 12.0. The Bertz CT molecular complexity index is 1220. The lowest BCUT2D eigenvalue weighted by Gasteiger charge is -2.24. The van der Waals surface area contributed by atoms with Crippen LogP contribution < -0.4 is 9.62 Å². The lowest BCUT2D eigenvalue weighted by molar-refractivity contribution is -0.137. The minimum atomic E-state index is -4.60. The van der Waals surface area contributed by atoms with Crippen molar-refractivity contribution in [1.82, 2.24) is 0 Å². The van der Waals surface area contributed by atoms with Crippen LogP contribution in [0.4, 0.5) is 24.5 Å². The van der Waals surface area contributed by atoms with Gasteiger partial charge in [-0.3, -0.25) is 9.10 Å². The van der Waals surface area contributed by atoms with E-state index in [0.717, 1.165) is 22.5 Å². The summed E-state index contributed by atoms with van der Waals surface area (Å²) in [5, 5.41) is 2.57. The first-order valence-electron chi connectivity index (χ1n) is 8.98. The molecule has 0 saturated carbocycles. The fourth-order valence-electron chi connectivity index (χ4n) is 2.82. The Morgan fingerprint density at radius 1 is 0.906 bits per heavy atom. The zero-order valence-corrected chi connectivity index (χ0v) is 18.4. The molecule has 11 heteroatoms. The van der Waals surface area contributed by atoms with Crippen molar-refractivity contribution in [2.24, 2.45) is 0 Å². The van der Waals surface area contributed by atoms with Crippen molar-refractivity contribution in [2.75, 3.05) is 16.2 Å². The molecule has 32 heavy (non-hydrogen) atoms. The predicted octanol–water partition coefficient (Wildman–Crippen LogP) is 5.85. The van der Waals surface area contributed by atoms with Gasteiger partial charge < -0.3 is 5.32 Å². The van der Waals surface area contributed by atoms with E-state index >= 15 is 0 Å².